The van der Waals surface area contributed by atoms with Crippen molar-refractivity contribution in [1.29, 1.82) is 0 Å². The summed E-state index contributed by atoms with van der Waals surface area (Å²) in [5.74, 6) is 1.19. The molecule has 0 saturated heterocycles. The quantitative estimate of drug-likeness (QED) is 0.770. The number of hydrogen-bond donors (Lipinski definition) is 1. The van der Waals surface area contributed by atoms with Crippen LogP contribution in [0, 0.1) is 0 Å². The summed E-state index contributed by atoms with van der Waals surface area (Å²) >= 11 is 0. The van der Waals surface area contributed by atoms with Gasteiger partial charge in [-0.05, 0) is 26.2 Å². The topological polar surface area (TPSA) is 55.0 Å². The Bertz CT molecular complexity index is 367. The Morgan fingerprint density at radius 1 is 1.53 bits per heavy atom. The maximum absolute atomic E-state index is 11.6. The number of H-pyrrole nitrogens is 1. The first-order valence-corrected chi connectivity index (χ1v) is 5.52. The van der Waals surface area contributed by atoms with E-state index in [-0.39, 0.29) is 5.97 Å². The van der Waals surface area contributed by atoms with Gasteiger partial charge in [-0.15, -0.1) is 0 Å². The van der Waals surface area contributed by atoms with E-state index in [4.69, 9.17) is 4.74 Å². The second-order valence-corrected chi connectivity index (χ2v) is 3.80. The number of ether oxygens (including phenoxy) is 1. The fourth-order valence-electron chi connectivity index (χ4n) is 1.60. The van der Waals surface area contributed by atoms with Gasteiger partial charge in [-0.2, -0.15) is 0 Å². The molecule has 15 heavy (non-hydrogen) atoms. The lowest BCUT2D eigenvalue weighted by Crippen LogP contribution is -2.07. The molecule has 82 valence electrons. The van der Waals surface area contributed by atoms with Crippen LogP contribution < -0.4 is 0 Å². The van der Waals surface area contributed by atoms with Crippen LogP contribution >= 0.6 is 0 Å². The highest BCUT2D eigenvalue weighted by Gasteiger charge is 2.29. The first-order valence-electron chi connectivity index (χ1n) is 5.52. The van der Waals surface area contributed by atoms with Gasteiger partial charge in [-0.3, -0.25) is 0 Å². The molecule has 1 aromatic heterocycles. The summed E-state index contributed by atoms with van der Waals surface area (Å²) in [7, 11) is 0. The first-order chi connectivity index (χ1) is 7.26. The van der Waals surface area contributed by atoms with E-state index in [1.807, 2.05) is 6.92 Å². The molecule has 1 N–H and O–H groups in total. The number of nitrogens with one attached hydrogen (secondary N) is 1. The highest BCUT2D eigenvalue weighted by molar-refractivity contribution is 5.88. The van der Waals surface area contributed by atoms with Gasteiger partial charge >= 0.3 is 5.97 Å². The van der Waals surface area contributed by atoms with E-state index in [1.165, 1.54) is 12.8 Å². The molecule has 0 aromatic carbocycles. The van der Waals surface area contributed by atoms with Gasteiger partial charge in [0.05, 0.1) is 6.61 Å². The Hall–Kier alpha value is -1.32. The Labute approximate surface area is 89.0 Å². The fraction of sp³-hybridized carbons (Fsp3) is 0.636. The Balaban J connectivity index is 2.23. The van der Waals surface area contributed by atoms with Crippen LogP contribution in [0.1, 0.15) is 54.6 Å². The molecule has 1 saturated carbocycles. The number of rotatable bonds is 4. The lowest BCUT2D eigenvalue weighted by atomic mass is 10.3. The number of aromatic amines is 1. The zero-order valence-corrected chi connectivity index (χ0v) is 9.17. The van der Waals surface area contributed by atoms with Gasteiger partial charge in [-0.1, -0.05) is 6.92 Å². The standard InChI is InChI=1S/C11H16N2O2/c1-3-8-9(11(14)15-4-2)13-10(12-8)7-5-6-7/h7H,3-6H2,1-2H3,(H,12,13). The SMILES string of the molecule is CCOC(=O)c1nc(C2CC2)[nH]c1CC. The van der Waals surface area contributed by atoms with E-state index in [9.17, 15) is 4.79 Å². The Morgan fingerprint density at radius 3 is 2.80 bits per heavy atom. The predicted octanol–water partition coefficient (Wildman–Crippen LogP) is 2.03. The molecule has 1 aromatic rings. The number of nitrogens with zero attached hydrogens (tertiary/aromatic N) is 1. The van der Waals surface area contributed by atoms with Crippen molar-refractivity contribution in [3.05, 3.63) is 17.2 Å². The lowest BCUT2D eigenvalue weighted by molar-refractivity contribution is 0.0518. The number of imidazole rings is 1. The zero-order chi connectivity index (χ0) is 10.8. The second-order valence-electron chi connectivity index (χ2n) is 3.80. The first kappa shape index (κ1) is 10.2. The molecule has 1 aliphatic carbocycles. The van der Waals surface area contributed by atoms with Gasteiger partial charge in [0.15, 0.2) is 5.69 Å². The molecule has 0 amide bonds. The van der Waals surface area contributed by atoms with E-state index in [0.29, 0.717) is 18.2 Å². The molecule has 1 heterocycles. The van der Waals surface area contributed by atoms with Crippen LogP contribution in [0.25, 0.3) is 0 Å². The summed E-state index contributed by atoms with van der Waals surface area (Å²) in [5.41, 5.74) is 1.37. The molecule has 0 atom stereocenters. The van der Waals surface area contributed by atoms with Crippen LogP contribution in [-0.4, -0.2) is 22.5 Å². The van der Waals surface area contributed by atoms with Crippen LogP contribution in [-0.2, 0) is 11.2 Å². The van der Waals surface area contributed by atoms with Gasteiger partial charge < -0.3 is 9.72 Å². The third-order valence-corrected chi connectivity index (χ3v) is 2.58. The summed E-state index contributed by atoms with van der Waals surface area (Å²) in [5, 5.41) is 0. The minimum atomic E-state index is -0.308. The van der Waals surface area contributed by atoms with Crippen LogP contribution in [0.3, 0.4) is 0 Å². The monoisotopic (exact) mass is 208 g/mol. The number of esters is 1. The van der Waals surface area contributed by atoms with E-state index in [0.717, 1.165) is 17.9 Å². The van der Waals surface area contributed by atoms with Gasteiger partial charge in [0.25, 0.3) is 0 Å². The number of carbonyl (C=O) groups excluding carboxylic acids is 1. The van der Waals surface area contributed by atoms with E-state index < -0.39 is 0 Å². The van der Waals surface area contributed by atoms with Crippen molar-refractivity contribution in [2.75, 3.05) is 6.61 Å². The molecule has 0 unspecified atom stereocenters. The lowest BCUT2D eigenvalue weighted by Gasteiger charge is -1.99. The minimum Gasteiger partial charge on any atom is -0.461 e. The largest absolute Gasteiger partial charge is 0.461 e. The third-order valence-electron chi connectivity index (χ3n) is 2.58. The van der Waals surface area contributed by atoms with Crippen molar-refractivity contribution < 1.29 is 9.53 Å². The smallest absolute Gasteiger partial charge is 0.358 e. The fourth-order valence-corrected chi connectivity index (χ4v) is 1.60. The Kier molecular flexibility index (Phi) is 2.75. The van der Waals surface area contributed by atoms with Crippen LogP contribution in [0.2, 0.25) is 0 Å². The van der Waals surface area contributed by atoms with E-state index in [2.05, 4.69) is 9.97 Å². The summed E-state index contributed by atoms with van der Waals surface area (Å²) in [6.45, 7) is 4.21. The molecule has 0 spiro atoms. The second kappa shape index (κ2) is 4.04. The van der Waals surface area contributed by atoms with Crippen LogP contribution in [0.5, 0.6) is 0 Å². The molecule has 0 radical (unpaired) electrons. The molecule has 4 nitrogen and oxygen atoms in total. The van der Waals surface area contributed by atoms with Crippen LogP contribution in [0.4, 0.5) is 0 Å². The maximum Gasteiger partial charge on any atom is 0.358 e. The predicted molar refractivity (Wildman–Crippen MR) is 55.9 cm³/mol. The van der Waals surface area contributed by atoms with Crippen molar-refractivity contribution in [2.24, 2.45) is 0 Å². The molecule has 1 fully saturated rings. The summed E-state index contributed by atoms with van der Waals surface area (Å²) in [6, 6.07) is 0. The minimum absolute atomic E-state index is 0.308. The van der Waals surface area contributed by atoms with Crippen LogP contribution in [0.15, 0.2) is 0 Å². The zero-order valence-electron chi connectivity index (χ0n) is 9.17. The highest BCUT2D eigenvalue weighted by atomic mass is 16.5. The van der Waals surface area contributed by atoms with E-state index in [1.54, 1.807) is 6.92 Å². The molecule has 0 aliphatic heterocycles. The summed E-state index contributed by atoms with van der Waals surface area (Å²) in [4.78, 5) is 19.1. The maximum atomic E-state index is 11.6. The molecule has 4 heteroatoms. The highest BCUT2D eigenvalue weighted by Crippen LogP contribution is 2.38. The third kappa shape index (κ3) is 2.03. The van der Waals surface area contributed by atoms with Gasteiger partial charge in [0, 0.05) is 11.6 Å². The average Bonchev–Trinajstić information content (AvgIpc) is 2.98. The van der Waals surface area contributed by atoms with Crippen molar-refractivity contribution in [1.82, 2.24) is 9.97 Å². The number of aryl methyl sites for hydroxylation is 1. The molecule has 1 aliphatic rings. The average molecular weight is 208 g/mol. The van der Waals surface area contributed by atoms with Crippen molar-refractivity contribution in [2.45, 2.75) is 39.0 Å². The van der Waals surface area contributed by atoms with Gasteiger partial charge in [-0.25, -0.2) is 9.78 Å². The molecule has 2 rings (SSSR count). The van der Waals surface area contributed by atoms with Gasteiger partial charge in [0.1, 0.15) is 5.82 Å². The number of aromatic nitrogens is 2. The molecule has 0 bridgehead atoms. The van der Waals surface area contributed by atoms with E-state index >= 15 is 0 Å². The van der Waals surface area contributed by atoms with Crippen molar-refractivity contribution in [3.63, 3.8) is 0 Å². The van der Waals surface area contributed by atoms with Crippen molar-refractivity contribution in [3.8, 4) is 0 Å². The molecular weight excluding hydrogens is 192 g/mol. The van der Waals surface area contributed by atoms with Crippen molar-refractivity contribution >= 4 is 5.97 Å². The summed E-state index contributed by atoms with van der Waals surface area (Å²) in [6.07, 6.45) is 3.14. The number of hydrogen-bond acceptors (Lipinski definition) is 3. The number of carbonyl (C=O) groups is 1. The summed E-state index contributed by atoms with van der Waals surface area (Å²) < 4.78 is 4.96. The molecular formula is C11H16N2O2. The Morgan fingerprint density at radius 2 is 2.27 bits per heavy atom. The normalized spacial score (nSPS) is 15.3. The van der Waals surface area contributed by atoms with Gasteiger partial charge in [0.2, 0.25) is 0 Å².